The fourth-order valence-electron chi connectivity index (χ4n) is 5.41. The van der Waals surface area contributed by atoms with Gasteiger partial charge in [-0.1, -0.05) is 18.7 Å². The number of esters is 1. The topological polar surface area (TPSA) is 87.1 Å². The Bertz CT molecular complexity index is 778. The monoisotopic (exact) mass is 450 g/mol. The summed E-state index contributed by atoms with van der Waals surface area (Å²) >= 11 is 1.59. The summed E-state index contributed by atoms with van der Waals surface area (Å²) in [5, 5.41) is 9.85. The van der Waals surface area contributed by atoms with Gasteiger partial charge in [-0.05, 0) is 40.5 Å². The second kappa shape index (κ2) is 8.62. The van der Waals surface area contributed by atoms with Gasteiger partial charge in [-0.25, -0.2) is 0 Å². The number of ether oxygens (including phenoxy) is 1. The molecule has 2 bridgehead atoms. The predicted molar refractivity (Wildman–Crippen MR) is 120 cm³/mol. The van der Waals surface area contributed by atoms with Crippen molar-refractivity contribution in [2.24, 2.45) is 11.8 Å². The van der Waals surface area contributed by atoms with Crippen LogP contribution in [0.2, 0.25) is 0 Å². The van der Waals surface area contributed by atoms with Crippen LogP contribution in [0.3, 0.4) is 0 Å². The molecule has 3 fully saturated rings. The van der Waals surface area contributed by atoms with Crippen molar-refractivity contribution in [3.8, 4) is 0 Å². The summed E-state index contributed by atoms with van der Waals surface area (Å²) in [6.45, 7) is 15.2. The minimum absolute atomic E-state index is 0.0457. The lowest BCUT2D eigenvalue weighted by Crippen LogP contribution is -2.60. The quantitative estimate of drug-likeness (QED) is 0.450. The highest BCUT2D eigenvalue weighted by atomic mass is 32.2. The molecule has 3 rings (SSSR count). The van der Waals surface area contributed by atoms with E-state index in [9.17, 15) is 19.5 Å². The number of aliphatic hydroxyl groups excluding tert-OH is 1. The van der Waals surface area contributed by atoms with Gasteiger partial charge in [0.2, 0.25) is 11.8 Å². The molecule has 3 aliphatic heterocycles. The molecule has 2 unspecified atom stereocenters. The molecule has 172 valence electrons. The van der Waals surface area contributed by atoms with E-state index in [1.54, 1.807) is 29.7 Å². The van der Waals surface area contributed by atoms with E-state index in [-0.39, 0.29) is 30.3 Å². The summed E-state index contributed by atoms with van der Waals surface area (Å²) in [5.41, 5.74) is -0.471. The number of amides is 2. The number of likely N-dealkylation sites (tertiary alicyclic amines) is 1. The number of hydrogen-bond donors (Lipinski definition) is 1. The van der Waals surface area contributed by atoms with E-state index in [1.165, 1.54) is 11.0 Å². The Hall–Kier alpha value is -1.80. The maximum atomic E-state index is 14.0. The van der Waals surface area contributed by atoms with Crippen LogP contribution in [-0.2, 0) is 19.1 Å². The van der Waals surface area contributed by atoms with E-state index in [4.69, 9.17) is 4.74 Å². The Balaban J connectivity index is 2.07. The highest BCUT2D eigenvalue weighted by Crippen LogP contribution is 2.67. The van der Waals surface area contributed by atoms with Gasteiger partial charge in [-0.3, -0.25) is 14.4 Å². The molecule has 0 radical (unpaired) electrons. The average Bonchev–Trinajstić information content (AvgIpc) is 3.35. The number of aliphatic hydroxyl groups is 1. The molecule has 0 saturated carbocycles. The molecule has 6 atom stereocenters. The first kappa shape index (κ1) is 23.9. The Morgan fingerprint density at radius 2 is 2.06 bits per heavy atom. The second-order valence-electron chi connectivity index (χ2n) is 9.66. The van der Waals surface area contributed by atoms with Crippen molar-refractivity contribution in [2.75, 3.05) is 19.8 Å². The van der Waals surface area contributed by atoms with Crippen molar-refractivity contribution < 1.29 is 24.2 Å². The molecule has 31 heavy (non-hydrogen) atoms. The van der Waals surface area contributed by atoms with Crippen LogP contribution in [0.25, 0.3) is 0 Å². The molecule has 3 aliphatic rings. The van der Waals surface area contributed by atoms with Gasteiger partial charge in [-0.2, -0.15) is 0 Å². The van der Waals surface area contributed by atoms with E-state index in [0.717, 1.165) is 6.42 Å². The molecule has 0 aliphatic carbocycles. The first-order chi connectivity index (χ1) is 14.5. The van der Waals surface area contributed by atoms with Crippen molar-refractivity contribution in [3.63, 3.8) is 0 Å². The highest BCUT2D eigenvalue weighted by molar-refractivity contribution is 8.02. The van der Waals surface area contributed by atoms with Crippen LogP contribution in [0.4, 0.5) is 0 Å². The molecule has 7 nitrogen and oxygen atoms in total. The normalized spacial score (nSPS) is 32.5. The molecule has 3 saturated heterocycles. The molecule has 1 N–H and O–H groups in total. The van der Waals surface area contributed by atoms with Gasteiger partial charge >= 0.3 is 5.97 Å². The first-order valence-corrected chi connectivity index (χ1v) is 11.7. The molecule has 0 aromatic rings. The van der Waals surface area contributed by atoms with Gasteiger partial charge in [0.1, 0.15) is 12.6 Å². The molecule has 8 heteroatoms. The van der Waals surface area contributed by atoms with Crippen LogP contribution in [0.5, 0.6) is 0 Å². The second-order valence-corrected chi connectivity index (χ2v) is 11.3. The number of hydrogen-bond acceptors (Lipinski definition) is 6. The van der Waals surface area contributed by atoms with E-state index < -0.39 is 40.2 Å². The van der Waals surface area contributed by atoms with Gasteiger partial charge in [0, 0.05) is 17.3 Å². The molecule has 2 amide bonds. The summed E-state index contributed by atoms with van der Waals surface area (Å²) in [4.78, 5) is 43.8. The highest BCUT2D eigenvalue weighted by Gasteiger charge is 2.74. The number of rotatable bonds is 8. The van der Waals surface area contributed by atoms with Crippen LogP contribution < -0.4 is 0 Å². The predicted octanol–water partition coefficient (Wildman–Crippen LogP) is 2.00. The molecule has 0 aromatic heterocycles. The van der Waals surface area contributed by atoms with Gasteiger partial charge in [0.15, 0.2) is 0 Å². The van der Waals surface area contributed by atoms with Crippen molar-refractivity contribution in [1.82, 2.24) is 9.80 Å². The number of carbonyl (C=O) groups is 3. The van der Waals surface area contributed by atoms with Crippen LogP contribution >= 0.6 is 11.8 Å². The average molecular weight is 451 g/mol. The van der Waals surface area contributed by atoms with E-state index >= 15 is 0 Å². The third-order valence-electron chi connectivity index (χ3n) is 6.71. The summed E-state index contributed by atoms with van der Waals surface area (Å²) in [7, 11) is 0. The van der Waals surface area contributed by atoms with Crippen molar-refractivity contribution >= 4 is 29.5 Å². The zero-order valence-corrected chi connectivity index (χ0v) is 19.7. The summed E-state index contributed by atoms with van der Waals surface area (Å²) < 4.78 is 4.65. The lowest BCUT2D eigenvalue weighted by atomic mass is 9.71. The van der Waals surface area contributed by atoms with E-state index in [1.807, 2.05) is 20.8 Å². The van der Waals surface area contributed by atoms with Crippen molar-refractivity contribution in [2.45, 2.75) is 68.2 Å². The standard InChI is InChI=1S/C23H34N2O5S/c1-7-11-24(22(4,5)6)20(28)18-23-10-9-15(31-23)16(21(29)30-12-8-2)17(23)19(27)25(18)14(3)13-26/h7-8,14-18,26H,1-2,9-13H2,3-6H3/t14-,15-,16+,17+,18?,23?/m1/s1. The molecule has 1 spiro atoms. The Morgan fingerprint density at radius 1 is 1.39 bits per heavy atom. The van der Waals surface area contributed by atoms with Gasteiger partial charge in [0.05, 0.1) is 29.2 Å². The molecular weight excluding hydrogens is 416 g/mol. The van der Waals surface area contributed by atoms with E-state index in [2.05, 4.69) is 13.2 Å². The number of thioether (sulfide) groups is 1. The zero-order chi connectivity index (χ0) is 23.1. The summed E-state index contributed by atoms with van der Waals surface area (Å²) in [6.07, 6.45) is 4.63. The summed E-state index contributed by atoms with van der Waals surface area (Å²) in [6, 6.07) is -1.27. The number of nitrogens with zero attached hydrogens (tertiary/aromatic N) is 2. The van der Waals surface area contributed by atoms with E-state index in [0.29, 0.717) is 13.0 Å². The Labute approximate surface area is 188 Å². The smallest absolute Gasteiger partial charge is 0.311 e. The fraction of sp³-hybridized carbons (Fsp3) is 0.696. The minimum Gasteiger partial charge on any atom is -0.461 e. The fourth-order valence-corrected chi connectivity index (χ4v) is 7.60. The number of fused-ring (bicyclic) bond motifs is 1. The zero-order valence-electron chi connectivity index (χ0n) is 18.9. The van der Waals surface area contributed by atoms with Gasteiger partial charge in [-0.15, -0.1) is 18.3 Å². The third kappa shape index (κ3) is 3.71. The lowest BCUT2D eigenvalue weighted by Gasteiger charge is -2.43. The van der Waals surface area contributed by atoms with Crippen molar-refractivity contribution in [3.05, 3.63) is 25.3 Å². The van der Waals surface area contributed by atoms with Crippen LogP contribution in [0.1, 0.15) is 40.5 Å². The third-order valence-corrected chi connectivity index (χ3v) is 8.67. The lowest BCUT2D eigenvalue weighted by molar-refractivity contribution is -0.153. The maximum Gasteiger partial charge on any atom is 0.311 e. The Kier molecular flexibility index (Phi) is 6.63. The van der Waals surface area contributed by atoms with Crippen molar-refractivity contribution in [1.29, 1.82) is 0 Å². The number of carbonyl (C=O) groups excluding carboxylic acids is 3. The minimum atomic E-state index is -0.737. The SMILES string of the molecule is C=CCOC(=O)[C@@H]1[C@H]2C(=O)N([C@H](C)CO)C(C(=O)N(CC=C)C(C)(C)C)C23CC[C@H]1S3. The first-order valence-electron chi connectivity index (χ1n) is 10.9. The van der Waals surface area contributed by atoms with Crippen LogP contribution in [0, 0.1) is 11.8 Å². The summed E-state index contributed by atoms with van der Waals surface area (Å²) in [5.74, 6) is -2.00. The molecular formula is C23H34N2O5S. The van der Waals surface area contributed by atoms with Crippen LogP contribution in [0.15, 0.2) is 25.3 Å². The largest absolute Gasteiger partial charge is 0.461 e. The molecule has 3 heterocycles. The Morgan fingerprint density at radius 3 is 2.61 bits per heavy atom. The maximum absolute atomic E-state index is 14.0. The van der Waals surface area contributed by atoms with Gasteiger partial charge < -0.3 is 19.6 Å². The van der Waals surface area contributed by atoms with Crippen LogP contribution in [-0.4, -0.2) is 80.1 Å². The molecule has 0 aromatic carbocycles. The van der Waals surface area contributed by atoms with Gasteiger partial charge in [0.25, 0.3) is 0 Å².